The molecule has 0 radical (unpaired) electrons. The molecule has 1 atom stereocenters. The van der Waals surface area contributed by atoms with Gasteiger partial charge in [-0.15, -0.1) is 0 Å². The van der Waals surface area contributed by atoms with E-state index in [1.54, 1.807) is 0 Å². The summed E-state index contributed by atoms with van der Waals surface area (Å²) >= 11 is 0. The minimum Gasteiger partial charge on any atom is -0.211 e. The molecule has 0 N–H and O–H groups in total. The van der Waals surface area contributed by atoms with E-state index in [1.165, 1.54) is 12.1 Å². The number of isocyanates is 1. The number of rotatable bonds is 1. The molecule has 2 rings (SSSR count). The SMILES string of the molecule is O=C=NC1Cc2ccc(C(F)(F)F)cc21. The molecule has 0 aromatic heterocycles. The second-order valence-corrected chi connectivity index (χ2v) is 3.35. The van der Waals surface area contributed by atoms with Crippen molar-refractivity contribution in [2.45, 2.75) is 18.6 Å². The number of aliphatic imine (C=N–C) groups is 1. The highest BCUT2D eigenvalue weighted by molar-refractivity contribution is 5.46. The lowest BCUT2D eigenvalue weighted by Crippen LogP contribution is -2.17. The normalized spacial score (nSPS) is 18.7. The minimum atomic E-state index is -4.35. The molecule has 78 valence electrons. The second kappa shape index (κ2) is 3.21. The Balaban J connectivity index is 2.38. The summed E-state index contributed by atoms with van der Waals surface area (Å²) in [7, 11) is 0. The predicted octanol–water partition coefficient (Wildman–Crippen LogP) is 2.64. The summed E-state index contributed by atoms with van der Waals surface area (Å²) in [5.74, 6) is 0. The van der Waals surface area contributed by atoms with Crippen LogP contribution in [0.4, 0.5) is 13.2 Å². The van der Waals surface area contributed by atoms with Gasteiger partial charge in [-0.2, -0.15) is 18.2 Å². The van der Waals surface area contributed by atoms with Crippen molar-refractivity contribution < 1.29 is 18.0 Å². The summed E-state index contributed by atoms with van der Waals surface area (Å²) < 4.78 is 37.0. The van der Waals surface area contributed by atoms with Crippen molar-refractivity contribution in [2.24, 2.45) is 4.99 Å². The van der Waals surface area contributed by atoms with Crippen molar-refractivity contribution in [1.82, 2.24) is 0 Å². The van der Waals surface area contributed by atoms with E-state index in [1.807, 2.05) is 0 Å². The van der Waals surface area contributed by atoms with Gasteiger partial charge in [0.1, 0.15) is 0 Å². The van der Waals surface area contributed by atoms with Gasteiger partial charge in [0, 0.05) is 6.42 Å². The van der Waals surface area contributed by atoms with Crippen molar-refractivity contribution in [3.05, 3.63) is 34.9 Å². The number of benzene rings is 1. The van der Waals surface area contributed by atoms with E-state index in [4.69, 9.17) is 0 Å². The van der Waals surface area contributed by atoms with Crippen molar-refractivity contribution in [2.75, 3.05) is 0 Å². The first kappa shape index (κ1) is 9.93. The molecule has 2 nitrogen and oxygen atoms in total. The zero-order chi connectivity index (χ0) is 11.1. The fraction of sp³-hybridized carbons (Fsp3) is 0.300. The van der Waals surface area contributed by atoms with Gasteiger partial charge in [-0.25, -0.2) is 4.79 Å². The van der Waals surface area contributed by atoms with Crippen LogP contribution >= 0.6 is 0 Å². The molecule has 0 saturated heterocycles. The Hall–Kier alpha value is -1.61. The molecule has 0 bridgehead atoms. The van der Waals surface area contributed by atoms with Crippen LogP contribution in [-0.4, -0.2) is 6.08 Å². The smallest absolute Gasteiger partial charge is 0.211 e. The molecule has 1 aromatic carbocycles. The molecule has 0 heterocycles. The average Bonchev–Trinajstić information content (AvgIpc) is 2.12. The zero-order valence-corrected chi connectivity index (χ0v) is 7.51. The molecule has 1 aromatic rings. The van der Waals surface area contributed by atoms with Gasteiger partial charge in [0.15, 0.2) is 0 Å². The molecule has 1 unspecified atom stereocenters. The molecule has 1 aliphatic carbocycles. The molecule has 0 fully saturated rings. The van der Waals surface area contributed by atoms with Gasteiger partial charge in [-0.1, -0.05) is 6.07 Å². The van der Waals surface area contributed by atoms with E-state index >= 15 is 0 Å². The van der Waals surface area contributed by atoms with E-state index in [2.05, 4.69) is 4.99 Å². The van der Waals surface area contributed by atoms with Crippen LogP contribution in [0.5, 0.6) is 0 Å². The fourth-order valence-corrected chi connectivity index (χ4v) is 1.63. The number of halogens is 3. The first-order valence-electron chi connectivity index (χ1n) is 4.29. The summed E-state index contributed by atoms with van der Waals surface area (Å²) in [5.41, 5.74) is 0.590. The third-order valence-electron chi connectivity index (χ3n) is 2.45. The van der Waals surface area contributed by atoms with Crippen LogP contribution in [0.15, 0.2) is 23.2 Å². The molecule has 0 aliphatic heterocycles. The minimum absolute atomic E-state index is 0.445. The van der Waals surface area contributed by atoms with Crippen LogP contribution in [0.3, 0.4) is 0 Å². The van der Waals surface area contributed by atoms with Gasteiger partial charge in [0.25, 0.3) is 0 Å². The number of nitrogens with zero attached hydrogens (tertiary/aromatic N) is 1. The Morgan fingerprint density at radius 2 is 2.13 bits per heavy atom. The largest absolute Gasteiger partial charge is 0.416 e. The average molecular weight is 213 g/mol. The van der Waals surface area contributed by atoms with Crippen LogP contribution in [0, 0.1) is 0 Å². The molecule has 5 heteroatoms. The lowest BCUT2D eigenvalue weighted by molar-refractivity contribution is -0.137. The molecular formula is C10H6F3NO. The third-order valence-corrected chi connectivity index (χ3v) is 2.45. The maximum absolute atomic E-state index is 12.3. The number of hydrogen-bond donors (Lipinski definition) is 0. The highest BCUT2D eigenvalue weighted by atomic mass is 19.4. The first-order valence-corrected chi connectivity index (χ1v) is 4.29. The lowest BCUT2D eigenvalue weighted by Gasteiger charge is -2.26. The predicted molar refractivity (Wildman–Crippen MR) is 46.0 cm³/mol. The highest BCUT2D eigenvalue weighted by Crippen LogP contribution is 2.39. The van der Waals surface area contributed by atoms with Crippen LogP contribution in [0.25, 0.3) is 0 Å². The standard InChI is InChI=1S/C10H6F3NO/c11-10(12,13)7-2-1-6-3-9(14-5-15)8(6)4-7/h1-2,4,9H,3H2. The summed E-state index contributed by atoms with van der Waals surface area (Å²) in [6, 6.07) is 3.07. The Morgan fingerprint density at radius 3 is 2.73 bits per heavy atom. The topological polar surface area (TPSA) is 29.4 Å². The summed E-state index contributed by atoms with van der Waals surface area (Å²) in [6.45, 7) is 0. The lowest BCUT2D eigenvalue weighted by atomic mass is 9.82. The summed E-state index contributed by atoms with van der Waals surface area (Å²) in [6.07, 6.45) is -2.47. The Bertz CT molecular complexity index is 446. The van der Waals surface area contributed by atoms with Crippen molar-refractivity contribution in [3.8, 4) is 0 Å². The fourth-order valence-electron chi connectivity index (χ4n) is 1.63. The van der Waals surface area contributed by atoms with Crippen molar-refractivity contribution in [1.29, 1.82) is 0 Å². The molecule has 0 amide bonds. The summed E-state index contributed by atoms with van der Waals surface area (Å²) in [4.78, 5) is 13.4. The number of hydrogen-bond acceptors (Lipinski definition) is 2. The van der Waals surface area contributed by atoms with E-state index in [-0.39, 0.29) is 0 Å². The maximum Gasteiger partial charge on any atom is 0.416 e. The maximum atomic E-state index is 12.3. The van der Waals surface area contributed by atoms with Gasteiger partial charge < -0.3 is 0 Å². The third kappa shape index (κ3) is 1.66. The van der Waals surface area contributed by atoms with Crippen molar-refractivity contribution >= 4 is 6.08 Å². The van der Waals surface area contributed by atoms with Gasteiger partial charge in [-0.3, -0.25) is 0 Å². The van der Waals surface area contributed by atoms with Crippen LogP contribution < -0.4 is 0 Å². The zero-order valence-electron chi connectivity index (χ0n) is 7.51. The van der Waals surface area contributed by atoms with Gasteiger partial charge in [0.2, 0.25) is 6.08 Å². The Morgan fingerprint density at radius 1 is 1.40 bits per heavy atom. The van der Waals surface area contributed by atoms with E-state index in [0.717, 1.165) is 17.7 Å². The molecular weight excluding hydrogens is 207 g/mol. The Labute approximate surface area is 83.4 Å². The van der Waals surface area contributed by atoms with Crippen LogP contribution in [-0.2, 0) is 17.4 Å². The molecule has 1 aliphatic rings. The van der Waals surface area contributed by atoms with Crippen LogP contribution in [0.1, 0.15) is 22.7 Å². The number of alkyl halides is 3. The molecule has 0 saturated carbocycles. The quantitative estimate of drug-likeness (QED) is 0.520. The van der Waals surface area contributed by atoms with Gasteiger partial charge >= 0.3 is 6.18 Å². The number of fused-ring (bicyclic) bond motifs is 1. The van der Waals surface area contributed by atoms with Gasteiger partial charge in [-0.05, 0) is 23.3 Å². The molecule has 0 spiro atoms. The first-order chi connectivity index (χ1) is 7.02. The summed E-state index contributed by atoms with van der Waals surface area (Å²) in [5, 5.41) is 0. The highest BCUT2D eigenvalue weighted by Gasteiger charge is 2.34. The van der Waals surface area contributed by atoms with Crippen molar-refractivity contribution in [3.63, 3.8) is 0 Å². The van der Waals surface area contributed by atoms with Gasteiger partial charge in [0.05, 0.1) is 11.6 Å². The van der Waals surface area contributed by atoms with E-state index in [0.29, 0.717) is 12.0 Å². The molecule has 15 heavy (non-hydrogen) atoms. The van der Waals surface area contributed by atoms with E-state index < -0.39 is 17.8 Å². The Kier molecular flexibility index (Phi) is 2.12. The number of carbonyl (C=O) groups excluding carboxylic acids is 1. The van der Waals surface area contributed by atoms with Crippen LogP contribution in [0.2, 0.25) is 0 Å². The monoisotopic (exact) mass is 213 g/mol. The van der Waals surface area contributed by atoms with E-state index in [9.17, 15) is 18.0 Å². The second-order valence-electron chi connectivity index (χ2n) is 3.35.